The smallest absolute Gasteiger partial charge is 0.156 e. The summed E-state index contributed by atoms with van der Waals surface area (Å²) in [5.74, 6) is 0.814. The van der Waals surface area contributed by atoms with E-state index in [1.54, 1.807) is 19.4 Å². The fraction of sp³-hybridized carbons (Fsp3) is 0.0714. The molecular formula is C14H10Cl2N2O. The zero-order chi connectivity index (χ0) is 13.4. The second-order valence-corrected chi connectivity index (χ2v) is 4.94. The minimum atomic E-state index is 0.535. The van der Waals surface area contributed by atoms with Crippen LogP contribution in [-0.4, -0.2) is 16.5 Å². The fourth-order valence-electron chi connectivity index (χ4n) is 1.93. The molecular weight excluding hydrogens is 283 g/mol. The van der Waals surface area contributed by atoms with Crippen LogP contribution in [0.1, 0.15) is 0 Å². The maximum Gasteiger partial charge on any atom is 0.156 e. The van der Waals surface area contributed by atoms with Crippen LogP contribution in [-0.2, 0) is 0 Å². The van der Waals surface area contributed by atoms with Crippen LogP contribution in [0.3, 0.4) is 0 Å². The lowest BCUT2D eigenvalue weighted by Crippen LogP contribution is -1.82. The second-order valence-electron chi connectivity index (χ2n) is 4.09. The summed E-state index contributed by atoms with van der Waals surface area (Å²) in [5.41, 5.74) is 2.53. The van der Waals surface area contributed by atoms with Gasteiger partial charge < -0.3 is 9.14 Å². The number of nitrogens with zero attached hydrogens (tertiary/aromatic N) is 2. The summed E-state index contributed by atoms with van der Waals surface area (Å²) in [5, 5.41) is 1.11. The zero-order valence-corrected chi connectivity index (χ0v) is 11.6. The standard InChI is InChI=1S/C14H10Cl2N2O/c1-19-11-4-2-9(3-5-11)13-8-18-7-10(15)6-12(16)14(18)17-13/h2-8H,1H3. The predicted octanol–water partition coefficient (Wildman–Crippen LogP) is 4.32. The molecule has 0 saturated heterocycles. The first-order valence-corrected chi connectivity index (χ1v) is 6.41. The molecule has 0 unspecified atom stereocenters. The van der Waals surface area contributed by atoms with E-state index in [0.717, 1.165) is 17.0 Å². The highest BCUT2D eigenvalue weighted by Crippen LogP contribution is 2.26. The molecule has 19 heavy (non-hydrogen) atoms. The molecule has 1 aromatic carbocycles. The SMILES string of the molecule is COc1ccc(-c2cn3cc(Cl)cc(Cl)c3n2)cc1. The van der Waals surface area contributed by atoms with Crippen LogP contribution in [0.2, 0.25) is 10.0 Å². The zero-order valence-electron chi connectivity index (χ0n) is 10.1. The van der Waals surface area contributed by atoms with Gasteiger partial charge in [-0.1, -0.05) is 23.2 Å². The Bertz CT molecular complexity index is 735. The molecule has 0 saturated carbocycles. The number of benzene rings is 1. The van der Waals surface area contributed by atoms with Crippen molar-refractivity contribution in [1.29, 1.82) is 0 Å². The lowest BCUT2D eigenvalue weighted by atomic mass is 10.2. The Kier molecular flexibility index (Phi) is 3.09. The number of aromatic nitrogens is 2. The quantitative estimate of drug-likeness (QED) is 0.703. The lowest BCUT2D eigenvalue weighted by Gasteiger charge is -1.99. The summed E-state index contributed by atoms with van der Waals surface area (Å²) in [7, 11) is 1.64. The molecule has 3 aromatic rings. The molecule has 0 aliphatic heterocycles. The Morgan fingerprint density at radius 2 is 1.84 bits per heavy atom. The maximum absolute atomic E-state index is 6.12. The van der Waals surface area contributed by atoms with Crippen LogP contribution < -0.4 is 4.74 Å². The third-order valence-electron chi connectivity index (χ3n) is 2.86. The van der Waals surface area contributed by atoms with Crippen molar-refractivity contribution in [3.63, 3.8) is 0 Å². The van der Waals surface area contributed by atoms with Gasteiger partial charge in [0.05, 0.1) is 22.8 Å². The van der Waals surface area contributed by atoms with E-state index in [-0.39, 0.29) is 0 Å². The molecule has 0 amide bonds. The number of ether oxygens (including phenoxy) is 1. The van der Waals surface area contributed by atoms with Crippen LogP contribution in [0.5, 0.6) is 5.75 Å². The van der Waals surface area contributed by atoms with E-state index in [1.165, 1.54) is 0 Å². The number of methoxy groups -OCH3 is 1. The van der Waals surface area contributed by atoms with Gasteiger partial charge in [0.2, 0.25) is 0 Å². The summed E-state index contributed by atoms with van der Waals surface area (Å²) < 4.78 is 6.96. The van der Waals surface area contributed by atoms with Crippen LogP contribution in [0.25, 0.3) is 16.9 Å². The predicted molar refractivity (Wildman–Crippen MR) is 77.2 cm³/mol. The topological polar surface area (TPSA) is 26.5 Å². The van der Waals surface area contributed by atoms with Gasteiger partial charge in [0.25, 0.3) is 0 Å². The largest absolute Gasteiger partial charge is 0.497 e. The van der Waals surface area contributed by atoms with Gasteiger partial charge in [-0.25, -0.2) is 4.98 Å². The highest BCUT2D eigenvalue weighted by molar-refractivity contribution is 6.36. The van der Waals surface area contributed by atoms with E-state index in [2.05, 4.69) is 4.98 Å². The van der Waals surface area contributed by atoms with Crippen molar-refractivity contribution in [3.05, 3.63) is 52.8 Å². The number of hydrogen-bond donors (Lipinski definition) is 0. The molecule has 0 aliphatic carbocycles. The Labute approximate surface area is 120 Å². The molecule has 0 aliphatic rings. The third kappa shape index (κ3) is 2.27. The van der Waals surface area contributed by atoms with Gasteiger partial charge in [-0.3, -0.25) is 0 Å². The first-order valence-electron chi connectivity index (χ1n) is 5.65. The summed E-state index contributed by atoms with van der Waals surface area (Å²) in [4.78, 5) is 4.51. The minimum Gasteiger partial charge on any atom is -0.497 e. The fourth-order valence-corrected chi connectivity index (χ4v) is 2.45. The molecule has 0 spiro atoms. The maximum atomic E-state index is 6.12. The summed E-state index contributed by atoms with van der Waals surface area (Å²) in [6.45, 7) is 0. The van der Waals surface area contributed by atoms with Crippen molar-refractivity contribution in [2.45, 2.75) is 0 Å². The number of fused-ring (bicyclic) bond motifs is 1. The average Bonchev–Trinajstić information content (AvgIpc) is 2.83. The van der Waals surface area contributed by atoms with Gasteiger partial charge >= 0.3 is 0 Å². The van der Waals surface area contributed by atoms with Crippen molar-refractivity contribution in [3.8, 4) is 17.0 Å². The van der Waals surface area contributed by atoms with Gasteiger partial charge in [0, 0.05) is 18.0 Å². The van der Waals surface area contributed by atoms with Crippen molar-refractivity contribution < 1.29 is 4.74 Å². The average molecular weight is 293 g/mol. The van der Waals surface area contributed by atoms with E-state index in [9.17, 15) is 0 Å². The van der Waals surface area contributed by atoms with Crippen molar-refractivity contribution in [2.75, 3.05) is 7.11 Å². The minimum absolute atomic E-state index is 0.535. The van der Waals surface area contributed by atoms with Crippen LogP contribution >= 0.6 is 23.2 Å². The number of rotatable bonds is 2. The molecule has 0 N–H and O–H groups in total. The lowest BCUT2D eigenvalue weighted by molar-refractivity contribution is 0.415. The summed E-state index contributed by atoms with van der Waals surface area (Å²) in [6.07, 6.45) is 3.68. The molecule has 3 nitrogen and oxygen atoms in total. The number of imidazole rings is 1. The molecule has 2 heterocycles. The summed E-state index contributed by atoms with van der Waals surface area (Å²) in [6, 6.07) is 9.39. The van der Waals surface area contributed by atoms with Crippen molar-refractivity contribution in [2.24, 2.45) is 0 Å². The molecule has 0 atom stereocenters. The molecule has 0 bridgehead atoms. The molecule has 0 radical (unpaired) electrons. The van der Waals surface area contributed by atoms with Crippen LogP contribution in [0.4, 0.5) is 0 Å². The molecule has 96 valence electrons. The number of pyridine rings is 1. The van der Waals surface area contributed by atoms with Crippen molar-refractivity contribution >= 4 is 28.8 Å². The van der Waals surface area contributed by atoms with E-state index in [0.29, 0.717) is 15.7 Å². The summed E-state index contributed by atoms with van der Waals surface area (Å²) >= 11 is 12.1. The van der Waals surface area contributed by atoms with Gasteiger partial charge in [-0.05, 0) is 30.3 Å². The number of hydrogen-bond acceptors (Lipinski definition) is 2. The van der Waals surface area contributed by atoms with E-state index in [1.807, 2.05) is 34.9 Å². The van der Waals surface area contributed by atoms with E-state index >= 15 is 0 Å². The highest BCUT2D eigenvalue weighted by Gasteiger charge is 2.08. The number of halogens is 2. The van der Waals surface area contributed by atoms with Gasteiger partial charge in [-0.2, -0.15) is 0 Å². The first-order chi connectivity index (χ1) is 9.17. The van der Waals surface area contributed by atoms with Gasteiger partial charge in [-0.15, -0.1) is 0 Å². The Morgan fingerprint density at radius 3 is 2.53 bits per heavy atom. The van der Waals surface area contributed by atoms with E-state index in [4.69, 9.17) is 27.9 Å². The second kappa shape index (κ2) is 4.76. The molecule has 2 aromatic heterocycles. The Morgan fingerprint density at radius 1 is 1.11 bits per heavy atom. The molecule has 3 rings (SSSR count). The first kappa shape index (κ1) is 12.3. The Balaban J connectivity index is 2.12. The molecule has 5 heteroatoms. The normalized spacial score (nSPS) is 10.9. The van der Waals surface area contributed by atoms with Gasteiger partial charge in [0.15, 0.2) is 5.65 Å². The van der Waals surface area contributed by atoms with Crippen molar-refractivity contribution in [1.82, 2.24) is 9.38 Å². The van der Waals surface area contributed by atoms with Crippen LogP contribution in [0.15, 0.2) is 42.7 Å². The monoisotopic (exact) mass is 292 g/mol. The molecule has 0 fully saturated rings. The van der Waals surface area contributed by atoms with E-state index < -0.39 is 0 Å². The third-order valence-corrected chi connectivity index (χ3v) is 3.34. The van der Waals surface area contributed by atoms with Crippen LogP contribution in [0, 0.1) is 0 Å². The Hall–Kier alpha value is -1.71. The van der Waals surface area contributed by atoms with Gasteiger partial charge in [0.1, 0.15) is 5.75 Å². The highest BCUT2D eigenvalue weighted by atomic mass is 35.5.